The minimum atomic E-state index is -3.37. The van der Waals surface area contributed by atoms with Gasteiger partial charge in [-0.05, 0) is 25.0 Å². The van der Waals surface area contributed by atoms with Crippen molar-refractivity contribution < 1.29 is 12.6 Å². The Labute approximate surface area is 95.8 Å². The van der Waals surface area contributed by atoms with Crippen LogP contribution in [0.2, 0.25) is 0 Å². The molecule has 0 unspecified atom stereocenters. The van der Waals surface area contributed by atoms with Gasteiger partial charge in [-0.3, -0.25) is 9.17 Å². The monoisotopic (exact) mass is 241 g/mol. The summed E-state index contributed by atoms with van der Waals surface area (Å²) in [4.78, 5) is 4.30. The first kappa shape index (κ1) is 11.5. The number of hydrogen-bond acceptors (Lipinski definition) is 4. The molecule has 0 bridgehead atoms. The van der Waals surface area contributed by atoms with Crippen molar-refractivity contribution in [3.8, 4) is 0 Å². The van der Waals surface area contributed by atoms with E-state index in [2.05, 4.69) is 4.98 Å². The van der Waals surface area contributed by atoms with Gasteiger partial charge in [-0.15, -0.1) is 0 Å². The molecule has 0 N–H and O–H groups in total. The predicted molar refractivity (Wildman–Crippen MR) is 60.6 cm³/mol. The van der Waals surface area contributed by atoms with Gasteiger partial charge in [0.2, 0.25) is 0 Å². The highest BCUT2D eigenvalue weighted by Crippen LogP contribution is 2.43. The molecule has 0 amide bonds. The van der Waals surface area contributed by atoms with Gasteiger partial charge in [-0.25, -0.2) is 0 Å². The maximum absolute atomic E-state index is 11.0. The summed E-state index contributed by atoms with van der Waals surface area (Å²) in [5, 5.41) is 0. The smallest absolute Gasteiger partial charge is 0.264 e. The molecule has 1 saturated carbocycles. The van der Waals surface area contributed by atoms with Crippen LogP contribution in [0.5, 0.6) is 0 Å². The third-order valence-corrected chi connectivity index (χ3v) is 3.61. The summed E-state index contributed by atoms with van der Waals surface area (Å²) in [6, 6.07) is 5.71. The Morgan fingerprint density at radius 1 is 1.44 bits per heavy atom. The van der Waals surface area contributed by atoms with Gasteiger partial charge in [0, 0.05) is 17.3 Å². The standard InChI is InChI=1S/C11H15NO3S/c1-16(13,14)15-9-11(6-4-7-11)10-5-2-3-8-12-10/h2-3,5,8H,4,6-7,9H2,1H3. The molecular weight excluding hydrogens is 226 g/mol. The van der Waals surface area contributed by atoms with Crippen molar-refractivity contribution in [3.05, 3.63) is 30.1 Å². The van der Waals surface area contributed by atoms with Crippen LogP contribution >= 0.6 is 0 Å². The molecule has 1 fully saturated rings. The third kappa shape index (κ3) is 2.41. The maximum Gasteiger partial charge on any atom is 0.264 e. The normalized spacial score (nSPS) is 19.1. The van der Waals surface area contributed by atoms with E-state index >= 15 is 0 Å². The molecule has 2 rings (SSSR count). The van der Waals surface area contributed by atoms with E-state index in [1.807, 2.05) is 18.2 Å². The fraction of sp³-hybridized carbons (Fsp3) is 0.545. The van der Waals surface area contributed by atoms with E-state index in [0.717, 1.165) is 31.2 Å². The Kier molecular flexibility index (Phi) is 2.99. The fourth-order valence-electron chi connectivity index (χ4n) is 1.97. The van der Waals surface area contributed by atoms with E-state index in [4.69, 9.17) is 4.18 Å². The summed E-state index contributed by atoms with van der Waals surface area (Å²) in [5.41, 5.74) is 0.745. The van der Waals surface area contributed by atoms with E-state index in [0.29, 0.717) is 0 Å². The molecule has 0 atom stereocenters. The molecule has 1 aromatic rings. The zero-order valence-electron chi connectivity index (χ0n) is 9.22. The molecule has 5 heteroatoms. The van der Waals surface area contributed by atoms with Crippen molar-refractivity contribution >= 4 is 10.1 Å². The summed E-state index contributed by atoms with van der Waals surface area (Å²) in [6.07, 6.45) is 5.80. The molecule has 1 heterocycles. The molecule has 0 radical (unpaired) electrons. The fourth-order valence-corrected chi connectivity index (χ4v) is 2.41. The van der Waals surface area contributed by atoms with Crippen LogP contribution < -0.4 is 0 Å². The van der Waals surface area contributed by atoms with E-state index in [1.54, 1.807) is 6.20 Å². The Morgan fingerprint density at radius 2 is 2.19 bits per heavy atom. The molecule has 16 heavy (non-hydrogen) atoms. The Morgan fingerprint density at radius 3 is 2.62 bits per heavy atom. The number of rotatable bonds is 4. The molecule has 88 valence electrons. The second-order valence-corrected chi connectivity index (χ2v) is 5.96. The lowest BCUT2D eigenvalue weighted by atomic mass is 9.67. The van der Waals surface area contributed by atoms with Crippen molar-refractivity contribution in [2.24, 2.45) is 0 Å². The molecule has 4 nitrogen and oxygen atoms in total. The van der Waals surface area contributed by atoms with Gasteiger partial charge < -0.3 is 0 Å². The highest BCUT2D eigenvalue weighted by Gasteiger charge is 2.41. The van der Waals surface area contributed by atoms with Gasteiger partial charge in [0.25, 0.3) is 10.1 Å². The van der Waals surface area contributed by atoms with Crippen molar-refractivity contribution in [1.82, 2.24) is 4.98 Å². The van der Waals surface area contributed by atoms with E-state index in [9.17, 15) is 8.42 Å². The predicted octanol–water partition coefficient (Wildman–Crippen LogP) is 1.48. The van der Waals surface area contributed by atoms with Crippen molar-refractivity contribution in [2.45, 2.75) is 24.7 Å². The number of pyridine rings is 1. The van der Waals surface area contributed by atoms with Gasteiger partial charge in [0.05, 0.1) is 12.9 Å². The summed E-state index contributed by atoms with van der Waals surface area (Å²) >= 11 is 0. The number of aromatic nitrogens is 1. The van der Waals surface area contributed by atoms with Crippen LogP contribution in [-0.2, 0) is 19.7 Å². The Hall–Kier alpha value is -0.940. The zero-order chi connectivity index (χ0) is 11.6. The average molecular weight is 241 g/mol. The van der Waals surface area contributed by atoms with Crippen molar-refractivity contribution in [2.75, 3.05) is 12.9 Å². The Balaban J connectivity index is 2.15. The van der Waals surface area contributed by atoms with Gasteiger partial charge in [-0.1, -0.05) is 12.5 Å². The van der Waals surface area contributed by atoms with Crippen molar-refractivity contribution in [1.29, 1.82) is 0 Å². The molecular formula is C11H15NO3S. The third-order valence-electron chi connectivity index (χ3n) is 3.07. The quantitative estimate of drug-likeness (QED) is 0.749. The lowest BCUT2D eigenvalue weighted by Crippen LogP contribution is -2.40. The lowest BCUT2D eigenvalue weighted by Gasteiger charge is -2.40. The van der Waals surface area contributed by atoms with Gasteiger partial charge in [0.1, 0.15) is 0 Å². The van der Waals surface area contributed by atoms with E-state index < -0.39 is 10.1 Å². The first-order valence-corrected chi connectivity index (χ1v) is 7.09. The first-order chi connectivity index (χ1) is 7.52. The molecule has 1 aliphatic carbocycles. The van der Waals surface area contributed by atoms with Gasteiger partial charge in [0.15, 0.2) is 0 Å². The van der Waals surface area contributed by atoms with Crippen LogP contribution in [0.15, 0.2) is 24.4 Å². The van der Waals surface area contributed by atoms with Crippen LogP contribution in [0.3, 0.4) is 0 Å². The molecule has 0 aliphatic heterocycles. The minimum Gasteiger partial charge on any atom is -0.269 e. The van der Waals surface area contributed by atoms with Crippen LogP contribution in [0.1, 0.15) is 25.0 Å². The highest BCUT2D eigenvalue weighted by atomic mass is 32.2. The second-order valence-electron chi connectivity index (χ2n) is 4.32. The van der Waals surface area contributed by atoms with Crippen LogP contribution in [-0.4, -0.2) is 26.3 Å². The number of nitrogens with zero attached hydrogens (tertiary/aromatic N) is 1. The molecule has 0 spiro atoms. The second kappa shape index (κ2) is 4.14. The largest absolute Gasteiger partial charge is 0.269 e. The van der Waals surface area contributed by atoms with Crippen LogP contribution in [0.4, 0.5) is 0 Å². The van der Waals surface area contributed by atoms with Crippen LogP contribution in [0.25, 0.3) is 0 Å². The van der Waals surface area contributed by atoms with Crippen molar-refractivity contribution in [3.63, 3.8) is 0 Å². The molecule has 1 aliphatic rings. The van der Waals surface area contributed by atoms with Gasteiger partial charge in [-0.2, -0.15) is 8.42 Å². The number of hydrogen-bond donors (Lipinski definition) is 0. The Bertz CT molecular complexity index is 451. The zero-order valence-corrected chi connectivity index (χ0v) is 10.0. The summed E-state index contributed by atoms with van der Waals surface area (Å²) in [5.74, 6) is 0. The SMILES string of the molecule is CS(=O)(=O)OCC1(c2ccccn2)CCC1. The molecule has 0 aromatic carbocycles. The topological polar surface area (TPSA) is 56.3 Å². The van der Waals surface area contributed by atoms with Gasteiger partial charge >= 0.3 is 0 Å². The maximum atomic E-state index is 11.0. The molecule has 1 aromatic heterocycles. The summed E-state index contributed by atoms with van der Waals surface area (Å²) < 4.78 is 26.9. The average Bonchev–Trinajstić information content (AvgIpc) is 2.16. The van der Waals surface area contributed by atoms with E-state index in [1.165, 1.54) is 0 Å². The summed E-state index contributed by atoms with van der Waals surface area (Å²) in [7, 11) is -3.37. The minimum absolute atomic E-state index is 0.190. The lowest BCUT2D eigenvalue weighted by molar-refractivity contribution is 0.137. The highest BCUT2D eigenvalue weighted by molar-refractivity contribution is 7.85. The summed E-state index contributed by atoms with van der Waals surface area (Å²) in [6.45, 7) is 0.211. The van der Waals surface area contributed by atoms with Crippen LogP contribution in [0, 0.1) is 0 Å². The first-order valence-electron chi connectivity index (χ1n) is 5.28. The molecule has 0 saturated heterocycles. The van der Waals surface area contributed by atoms with E-state index in [-0.39, 0.29) is 12.0 Å².